The Bertz CT molecular complexity index is 546. The molecule has 21 heavy (non-hydrogen) atoms. The number of rotatable bonds is 9. The molecule has 7 nitrogen and oxygen atoms in total. The summed E-state index contributed by atoms with van der Waals surface area (Å²) >= 11 is 0. The molecule has 0 aromatic heterocycles. The van der Waals surface area contributed by atoms with Crippen LogP contribution in [0.2, 0.25) is 0 Å². The number of benzene rings is 1. The van der Waals surface area contributed by atoms with Crippen LogP contribution in [0.3, 0.4) is 0 Å². The fourth-order valence-corrected chi connectivity index (χ4v) is 2.47. The second-order valence-electron chi connectivity index (χ2n) is 4.80. The molecule has 0 spiro atoms. The lowest BCUT2D eigenvalue weighted by atomic mass is 10.3. The number of nitrogen functional groups attached to an aromatic ring is 1. The van der Waals surface area contributed by atoms with E-state index in [0.717, 1.165) is 12.2 Å². The summed E-state index contributed by atoms with van der Waals surface area (Å²) in [5, 5.41) is 3.14. The summed E-state index contributed by atoms with van der Waals surface area (Å²) < 4.78 is 31.1. The van der Waals surface area contributed by atoms with Crippen LogP contribution in [0.15, 0.2) is 23.1 Å². The quantitative estimate of drug-likeness (QED) is 0.444. The Hall–Kier alpha value is -1.35. The van der Waals surface area contributed by atoms with Crippen molar-refractivity contribution in [2.45, 2.75) is 4.90 Å². The van der Waals surface area contributed by atoms with Crippen molar-refractivity contribution in [1.29, 1.82) is 0 Å². The van der Waals surface area contributed by atoms with Gasteiger partial charge in [-0.3, -0.25) is 0 Å². The number of ether oxygens (including phenoxy) is 1. The minimum absolute atomic E-state index is 0.0813. The molecule has 8 heteroatoms. The van der Waals surface area contributed by atoms with Crippen molar-refractivity contribution in [3.8, 4) is 0 Å². The normalized spacial score (nSPS) is 11.8. The third-order valence-corrected chi connectivity index (χ3v) is 4.31. The van der Waals surface area contributed by atoms with Crippen molar-refractivity contribution in [1.82, 2.24) is 9.62 Å². The van der Waals surface area contributed by atoms with Gasteiger partial charge in [0.25, 0.3) is 0 Å². The lowest BCUT2D eigenvalue weighted by Gasteiger charge is -2.12. The summed E-state index contributed by atoms with van der Waals surface area (Å²) in [7, 11) is 1.82. The molecule has 0 amide bonds. The average molecular weight is 316 g/mol. The van der Waals surface area contributed by atoms with Gasteiger partial charge in [0.05, 0.1) is 18.9 Å². The number of hydrogen-bond donors (Lipinski definition) is 3. The maximum Gasteiger partial charge on any atom is 0.242 e. The lowest BCUT2D eigenvalue weighted by molar-refractivity contribution is 0.126. The maximum absolute atomic E-state index is 11.7. The van der Waals surface area contributed by atoms with Crippen LogP contribution >= 0.6 is 0 Å². The highest BCUT2D eigenvalue weighted by atomic mass is 32.2. The number of nitrogens with zero attached hydrogens (tertiary/aromatic N) is 1. The summed E-state index contributed by atoms with van der Waals surface area (Å²) in [6, 6.07) is 4.76. The van der Waals surface area contributed by atoms with E-state index in [1.165, 1.54) is 13.1 Å². The molecule has 0 aliphatic carbocycles. The first-order valence-electron chi connectivity index (χ1n) is 6.66. The van der Waals surface area contributed by atoms with Crippen molar-refractivity contribution in [2.24, 2.45) is 0 Å². The maximum atomic E-state index is 11.7. The second kappa shape index (κ2) is 8.18. The third-order valence-electron chi connectivity index (χ3n) is 2.83. The monoisotopic (exact) mass is 316 g/mol. The van der Waals surface area contributed by atoms with Gasteiger partial charge in [-0.1, -0.05) is 0 Å². The summed E-state index contributed by atoms with van der Waals surface area (Å²) in [6.45, 7) is 2.76. The highest BCUT2D eigenvalue weighted by Gasteiger charge is 2.14. The van der Waals surface area contributed by atoms with Crippen LogP contribution in [0.1, 0.15) is 0 Å². The molecular formula is C13H24N4O3S. The number of likely N-dealkylation sites (N-methyl/N-ethyl adjacent to an activating group) is 1. The summed E-state index contributed by atoms with van der Waals surface area (Å²) in [5.74, 6) is 0. The standard InChI is InChI=1S/C13H24N4O3S/c1-15-21(18,19)13-5-4-11(10-12(13)14)16-6-8-20-9-7-17(2)3/h4-5,10,15-16H,6-9,14H2,1-3H3. The first kappa shape index (κ1) is 17.7. The van der Waals surface area contributed by atoms with E-state index in [0.29, 0.717) is 19.8 Å². The predicted molar refractivity (Wildman–Crippen MR) is 85.0 cm³/mol. The van der Waals surface area contributed by atoms with Crippen molar-refractivity contribution in [3.63, 3.8) is 0 Å². The third kappa shape index (κ3) is 5.88. The summed E-state index contributed by atoms with van der Waals surface area (Å²) in [5.41, 5.74) is 6.75. The van der Waals surface area contributed by atoms with Crippen molar-refractivity contribution >= 4 is 21.4 Å². The fourth-order valence-electron chi connectivity index (χ4n) is 1.63. The average Bonchev–Trinajstić information content (AvgIpc) is 2.42. The van der Waals surface area contributed by atoms with Gasteiger partial charge in [-0.15, -0.1) is 0 Å². The zero-order valence-corrected chi connectivity index (χ0v) is 13.5. The predicted octanol–water partition coefficient (Wildman–Crippen LogP) is 0.167. The Morgan fingerprint density at radius 3 is 2.57 bits per heavy atom. The number of anilines is 2. The van der Waals surface area contributed by atoms with Gasteiger partial charge in [0.15, 0.2) is 0 Å². The zero-order valence-electron chi connectivity index (χ0n) is 12.7. The first-order valence-corrected chi connectivity index (χ1v) is 8.14. The molecule has 0 unspecified atom stereocenters. The molecule has 4 N–H and O–H groups in total. The Morgan fingerprint density at radius 2 is 2.00 bits per heavy atom. The Morgan fingerprint density at radius 1 is 1.29 bits per heavy atom. The van der Waals surface area contributed by atoms with Gasteiger partial charge in [-0.2, -0.15) is 0 Å². The van der Waals surface area contributed by atoms with Gasteiger partial charge < -0.3 is 20.7 Å². The van der Waals surface area contributed by atoms with Crippen LogP contribution in [-0.2, 0) is 14.8 Å². The minimum atomic E-state index is -3.52. The van der Waals surface area contributed by atoms with E-state index in [2.05, 4.69) is 14.9 Å². The van der Waals surface area contributed by atoms with E-state index in [-0.39, 0.29) is 10.6 Å². The largest absolute Gasteiger partial charge is 0.398 e. The van der Waals surface area contributed by atoms with Crippen LogP contribution in [0.4, 0.5) is 11.4 Å². The van der Waals surface area contributed by atoms with Crippen LogP contribution in [-0.4, -0.2) is 60.8 Å². The van der Waals surface area contributed by atoms with Gasteiger partial charge in [0.1, 0.15) is 4.90 Å². The summed E-state index contributed by atoms with van der Waals surface area (Å²) in [4.78, 5) is 2.13. The Kier molecular flexibility index (Phi) is 6.90. The molecule has 0 bridgehead atoms. The van der Waals surface area contributed by atoms with E-state index in [1.54, 1.807) is 12.1 Å². The molecule has 0 radical (unpaired) electrons. The molecule has 0 fully saturated rings. The summed E-state index contributed by atoms with van der Waals surface area (Å²) in [6.07, 6.45) is 0. The zero-order chi connectivity index (χ0) is 15.9. The minimum Gasteiger partial charge on any atom is -0.398 e. The number of nitrogens with two attached hydrogens (primary N) is 1. The smallest absolute Gasteiger partial charge is 0.242 e. The molecular weight excluding hydrogens is 292 g/mol. The van der Waals surface area contributed by atoms with Crippen molar-refractivity contribution in [3.05, 3.63) is 18.2 Å². The van der Waals surface area contributed by atoms with Crippen LogP contribution < -0.4 is 15.8 Å². The number of hydrogen-bond acceptors (Lipinski definition) is 6. The van der Waals surface area contributed by atoms with Crippen LogP contribution in [0.25, 0.3) is 0 Å². The van der Waals surface area contributed by atoms with Crippen molar-refractivity contribution < 1.29 is 13.2 Å². The Balaban J connectivity index is 2.46. The SMILES string of the molecule is CNS(=O)(=O)c1ccc(NCCOCCN(C)C)cc1N. The molecule has 0 aliphatic heterocycles. The molecule has 1 rings (SSSR count). The molecule has 0 heterocycles. The van der Waals surface area contributed by atoms with E-state index >= 15 is 0 Å². The van der Waals surface area contributed by atoms with E-state index in [4.69, 9.17) is 10.5 Å². The molecule has 1 aromatic rings. The molecule has 0 saturated carbocycles. The highest BCUT2D eigenvalue weighted by molar-refractivity contribution is 7.89. The molecule has 120 valence electrons. The Labute approximate surface area is 126 Å². The highest BCUT2D eigenvalue weighted by Crippen LogP contribution is 2.21. The van der Waals surface area contributed by atoms with Crippen LogP contribution in [0, 0.1) is 0 Å². The second-order valence-corrected chi connectivity index (χ2v) is 6.66. The topological polar surface area (TPSA) is 96.7 Å². The molecule has 0 atom stereocenters. The molecule has 1 aromatic carbocycles. The van der Waals surface area contributed by atoms with Gasteiger partial charge in [-0.25, -0.2) is 13.1 Å². The lowest BCUT2D eigenvalue weighted by Crippen LogP contribution is -2.20. The number of nitrogens with one attached hydrogen (secondary N) is 2. The van der Waals surface area contributed by atoms with Crippen LogP contribution in [0.5, 0.6) is 0 Å². The van der Waals surface area contributed by atoms with Crippen molar-refractivity contribution in [2.75, 3.05) is 58.5 Å². The molecule has 0 saturated heterocycles. The fraction of sp³-hybridized carbons (Fsp3) is 0.538. The van der Waals surface area contributed by atoms with Gasteiger partial charge in [0.2, 0.25) is 10.0 Å². The first-order chi connectivity index (χ1) is 9.86. The van der Waals surface area contributed by atoms with Gasteiger partial charge in [0, 0.05) is 18.8 Å². The molecule has 0 aliphatic rings. The van der Waals surface area contributed by atoms with Gasteiger partial charge in [-0.05, 0) is 39.3 Å². The van der Waals surface area contributed by atoms with E-state index in [1.807, 2.05) is 14.1 Å². The van der Waals surface area contributed by atoms with Gasteiger partial charge >= 0.3 is 0 Å². The number of sulfonamides is 1. The van der Waals surface area contributed by atoms with E-state index in [9.17, 15) is 8.42 Å². The van der Waals surface area contributed by atoms with E-state index < -0.39 is 10.0 Å².